The van der Waals surface area contributed by atoms with E-state index in [2.05, 4.69) is 10.4 Å². The summed E-state index contributed by atoms with van der Waals surface area (Å²) in [6.07, 6.45) is -0.698. The van der Waals surface area contributed by atoms with Gasteiger partial charge in [0.2, 0.25) is 10.7 Å². The summed E-state index contributed by atoms with van der Waals surface area (Å²) >= 11 is 5.56. The molecule has 0 aliphatic carbocycles. The fraction of sp³-hybridized carbons (Fsp3) is 0.211. The van der Waals surface area contributed by atoms with Crippen LogP contribution in [0.4, 0.5) is 5.69 Å². The zero-order chi connectivity index (χ0) is 18.7. The number of carbonyl (C=O) groups excluding carboxylic acids is 1. The molecule has 0 saturated heterocycles. The Hall–Kier alpha value is -2.77. The molecule has 0 fully saturated rings. The number of aliphatic hydroxyl groups is 1. The first-order chi connectivity index (χ1) is 12.5. The molecule has 26 heavy (non-hydrogen) atoms. The summed E-state index contributed by atoms with van der Waals surface area (Å²) in [7, 11) is 0. The number of rotatable bonds is 5. The van der Waals surface area contributed by atoms with Crippen LogP contribution in [0.3, 0.4) is 0 Å². The number of nitrogens with zero attached hydrogens (tertiary/aromatic N) is 3. The quantitative estimate of drug-likeness (QED) is 0.677. The van der Waals surface area contributed by atoms with Gasteiger partial charge in [-0.25, -0.2) is 4.68 Å². The predicted molar refractivity (Wildman–Crippen MR) is 103 cm³/mol. The number of hydrogen-bond donors (Lipinski definition) is 2. The van der Waals surface area contributed by atoms with Crippen molar-refractivity contribution in [1.29, 1.82) is 0 Å². The number of benzene rings is 2. The Labute approximate surface area is 156 Å². The normalized spacial score (nSPS) is 12.0. The van der Waals surface area contributed by atoms with Gasteiger partial charge in [-0.3, -0.25) is 9.36 Å². The molecule has 7 heteroatoms. The van der Waals surface area contributed by atoms with Crippen LogP contribution in [-0.4, -0.2) is 25.4 Å². The van der Waals surface area contributed by atoms with Crippen molar-refractivity contribution in [2.45, 2.75) is 26.5 Å². The summed E-state index contributed by atoms with van der Waals surface area (Å²) in [6, 6.07) is 16.8. The molecule has 0 radical (unpaired) electrons. The van der Waals surface area contributed by atoms with Gasteiger partial charge in [-0.1, -0.05) is 36.4 Å². The Morgan fingerprint density at radius 1 is 1.23 bits per heavy atom. The SMILES string of the molecule is CC(=O)Nc1cccc(-n2c(C)nn(C[C@H](O)c3ccccc3)c2=S)c1. The van der Waals surface area contributed by atoms with Gasteiger partial charge in [0, 0.05) is 12.6 Å². The molecule has 3 rings (SSSR count). The predicted octanol–water partition coefficient (Wildman–Crippen LogP) is 3.40. The van der Waals surface area contributed by atoms with Gasteiger partial charge in [-0.15, -0.1) is 0 Å². The van der Waals surface area contributed by atoms with Gasteiger partial charge in [0.05, 0.1) is 18.3 Å². The highest BCUT2D eigenvalue weighted by molar-refractivity contribution is 7.71. The maximum absolute atomic E-state index is 11.3. The molecule has 0 aliphatic rings. The molecule has 2 aromatic carbocycles. The minimum absolute atomic E-state index is 0.135. The molecule has 0 bridgehead atoms. The van der Waals surface area contributed by atoms with E-state index < -0.39 is 6.10 Å². The minimum atomic E-state index is -0.698. The maximum atomic E-state index is 11.3. The number of anilines is 1. The zero-order valence-electron chi connectivity index (χ0n) is 14.6. The van der Waals surface area contributed by atoms with Gasteiger partial charge >= 0.3 is 0 Å². The molecule has 0 aliphatic heterocycles. The summed E-state index contributed by atoms with van der Waals surface area (Å²) in [6.45, 7) is 3.58. The van der Waals surface area contributed by atoms with Crippen molar-refractivity contribution in [3.63, 3.8) is 0 Å². The van der Waals surface area contributed by atoms with E-state index in [1.54, 1.807) is 4.68 Å². The monoisotopic (exact) mass is 368 g/mol. The van der Waals surface area contributed by atoms with E-state index in [0.29, 0.717) is 16.3 Å². The summed E-state index contributed by atoms with van der Waals surface area (Å²) < 4.78 is 3.92. The second kappa shape index (κ2) is 7.63. The summed E-state index contributed by atoms with van der Waals surface area (Å²) in [5.74, 6) is 0.569. The third-order valence-electron chi connectivity index (χ3n) is 3.96. The topological polar surface area (TPSA) is 72.1 Å². The molecular formula is C19H20N4O2S. The second-order valence-corrected chi connectivity index (χ2v) is 6.37. The molecule has 1 amide bonds. The van der Waals surface area contributed by atoms with E-state index in [9.17, 15) is 9.90 Å². The minimum Gasteiger partial charge on any atom is -0.386 e. The van der Waals surface area contributed by atoms with Crippen molar-refractivity contribution in [1.82, 2.24) is 14.3 Å². The number of aliphatic hydroxyl groups excluding tert-OH is 1. The van der Waals surface area contributed by atoms with E-state index in [4.69, 9.17) is 12.2 Å². The number of amides is 1. The van der Waals surface area contributed by atoms with Gasteiger partial charge in [-0.2, -0.15) is 5.10 Å². The van der Waals surface area contributed by atoms with Crippen LogP contribution in [0, 0.1) is 11.7 Å². The summed E-state index contributed by atoms with van der Waals surface area (Å²) in [4.78, 5) is 11.3. The van der Waals surface area contributed by atoms with Crippen LogP contribution in [0.25, 0.3) is 5.69 Å². The van der Waals surface area contributed by atoms with Crippen molar-refractivity contribution in [3.05, 3.63) is 70.8 Å². The molecule has 1 heterocycles. The lowest BCUT2D eigenvalue weighted by molar-refractivity contribution is -0.114. The average molecular weight is 368 g/mol. The number of aromatic nitrogens is 3. The largest absolute Gasteiger partial charge is 0.386 e. The molecule has 1 atom stereocenters. The van der Waals surface area contributed by atoms with Crippen LogP contribution in [0.15, 0.2) is 54.6 Å². The molecule has 134 valence electrons. The van der Waals surface area contributed by atoms with Crippen LogP contribution in [-0.2, 0) is 11.3 Å². The Morgan fingerprint density at radius 3 is 2.65 bits per heavy atom. The van der Waals surface area contributed by atoms with E-state index in [1.165, 1.54) is 6.92 Å². The van der Waals surface area contributed by atoms with Crippen molar-refractivity contribution in [2.24, 2.45) is 0 Å². The Bertz CT molecular complexity index is 979. The number of nitrogens with one attached hydrogen (secondary N) is 1. The number of aryl methyl sites for hydroxylation is 1. The lowest BCUT2D eigenvalue weighted by atomic mass is 10.1. The van der Waals surface area contributed by atoms with Crippen LogP contribution in [0.5, 0.6) is 0 Å². The highest BCUT2D eigenvalue weighted by Gasteiger charge is 2.14. The zero-order valence-corrected chi connectivity index (χ0v) is 15.4. The molecule has 0 saturated carbocycles. The lowest BCUT2D eigenvalue weighted by Crippen LogP contribution is -2.10. The van der Waals surface area contributed by atoms with Crippen LogP contribution in [0.1, 0.15) is 24.4 Å². The van der Waals surface area contributed by atoms with Crippen molar-refractivity contribution in [3.8, 4) is 5.69 Å². The highest BCUT2D eigenvalue weighted by Crippen LogP contribution is 2.19. The van der Waals surface area contributed by atoms with Gasteiger partial charge in [0.15, 0.2) is 0 Å². The molecule has 2 N–H and O–H groups in total. The molecule has 6 nitrogen and oxygen atoms in total. The second-order valence-electron chi connectivity index (χ2n) is 6.01. The molecule has 0 unspecified atom stereocenters. The lowest BCUT2D eigenvalue weighted by Gasteiger charge is -2.11. The Kier molecular flexibility index (Phi) is 5.29. The van der Waals surface area contributed by atoms with Crippen LogP contribution < -0.4 is 5.32 Å². The van der Waals surface area contributed by atoms with Crippen molar-refractivity contribution >= 4 is 23.8 Å². The highest BCUT2D eigenvalue weighted by atomic mass is 32.1. The summed E-state index contributed by atoms with van der Waals surface area (Å²) in [5.41, 5.74) is 2.31. The molecule has 0 spiro atoms. The first kappa shape index (κ1) is 18.0. The van der Waals surface area contributed by atoms with E-state index in [0.717, 1.165) is 11.3 Å². The number of carbonyl (C=O) groups is 1. The van der Waals surface area contributed by atoms with Crippen LogP contribution >= 0.6 is 12.2 Å². The standard InChI is InChI=1S/C19H20N4O2S/c1-13-21-22(12-18(25)15-7-4-3-5-8-15)19(26)23(13)17-10-6-9-16(11-17)20-14(2)24/h3-11,18,25H,12H2,1-2H3,(H,20,24)/t18-/m0/s1. The first-order valence-corrected chi connectivity index (χ1v) is 8.64. The van der Waals surface area contributed by atoms with E-state index in [-0.39, 0.29) is 12.5 Å². The van der Waals surface area contributed by atoms with E-state index in [1.807, 2.05) is 66.1 Å². The van der Waals surface area contributed by atoms with Gasteiger partial charge < -0.3 is 10.4 Å². The van der Waals surface area contributed by atoms with E-state index >= 15 is 0 Å². The molecule has 3 aromatic rings. The van der Waals surface area contributed by atoms with Crippen LogP contribution in [0.2, 0.25) is 0 Å². The fourth-order valence-corrected chi connectivity index (χ4v) is 3.16. The van der Waals surface area contributed by atoms with Gasteiger partial charge in [0.25, 0.3) is 0 Å². The van der Waals surface area contributed by atoms with Crippen molar-refractivity contribution < 1.29 is 9.90 Å². The van der Waals surface area contributed by atoms with Crippen molar-refractivity contribution in [2.75, 3.05) is 5.32 Å². The fourth-order valence-electron chi connectivity index (χ4n) is 2.80. The summed E-state index contributed by atoms with van der Waals surface area (Å²) in [5, 5.41) is 17.7. The maximum Gasteiger partial charge on any atom is 0.221 e. The first-order valence-electron chi connectivity index (χ1n) is 8.23. The Balaban J connectivity index is 1.91. The van der Waals surface area contributed by atoms with Gasteiger partial charge in [0.1, 0.15) is 5.82 Å². The molecular weight excluding hydrogens is 348 g/mol. The Morgan fingerprint density at radius 2 is 1.96 bits per heavy atom. The number of hydrogen-bond acceptors (Lipinski definition) is 4. The molecule has 1 aromatic heterocycles. The third kappa shape index (κ3) is 3.89. The smallest absolute Gasteiger partial charge is 0.221 e. The third-order valence-corrected chi connectivity index (χ3v) is 4.35. The van der Waals surface area contributed by atoms with Gasteiger partial charge in [-0.05, 0) is 42.9 Å². The average Bonchev–Trinajstić information content (AvgIpc) is 2.89.